The minimum Gasteiger partial charge on any atom is -0.497 e. The lowest BCUT2D eigenvalue weighted by Gasteiger charge is -2.42. The molecule has 1 unspecified atom stereocenters. The summed E-state index contributed by atoms with van der Waals surface area (Å²) in [6.45, 7) is 8.38. The van der Waals surface area contributed by atoms with Gasteiger partial charge in [0.05, 0.1) is 18.6 Å². The molecule has 0 saturated carbocycles. The van der Waals surface area contributed by atoms with E-state index in [2.05, 4.69) is 10.2 Å². The zero-order valence-corrected chi connectivity index (χ0v) is 24.2. The van der Waals surface area contributed by atoms with Gasteiger partial charge in [0.15, 0.2) is 0 Å². The molecule has 2 fully saturated rings. The first-order valence-corrected chi connectivity index (χ1v) is 14.4. The van der Waals surface area contributed by atoms with Crippen molar-refractivity contribution in [2.75, 3.05) is 67.5 Å². The number of likely N-dealkylation sites (tertiary alicyclic amines) is 2. The molecular weight excluding hydrogens is 490 g/mol. The highest BCUT2D eigenvalue weighted by Gasteiger charge is 2.30. The number of aryl methyl sites for hydroxylation is 2. The third-order valence-electron chi connectivity index (χ3n) is 7.46. The second kappa shape index (κ2) is 13.7. The Morgan fingerprint density at radius 3 is 2.16 bits per heavy atom. The predicted molar refractivity (Wildman–Crippen MR) is 147 cm³/mol. The monoisotopic (exact) mass is 535 g/mol. The summed E-state index contributed by atoms with van der Waals surface area (Å²) in [4.78, 5) is 32.2. The number of piperidine rings is 2. The Morgan fingerprint density at radius 2 is 1.62 bits per heavy atom. The number of amides is 2. The smallest absolute Gasteiger partial charge is 0.236 e. The van der Waals surface area contributed by atoms with Crippen LogP contribution in [0.3, 0.4) is 0 Å². The normalized spacial score (nSPS) is 18.9. The Labute approximate surface area is 225 Å². The topological polar surface area (TPSA) is 85.4 Å². The Morgan fingerprint density at radius 1 is 1.03 bits per heavy atom. The molecule has 0 bridgehead atoms. The van der Waals surface area contributed by atoms with E-state index in [0.717, 1.165) is 73.6 Å². The summed E-state index contributed by atoms with van der Waals surface area (Å²) in [5.74, 6) is 0.983. The number of rotatable bonds is 10. The molecule has 208 valence electrons. The Hall–Kier alpha value is -2.01. The van der Waals surface area contributed by atoms with Crippen LogP contribution in [0, 0.1) is 13.8 Å². The van der Waals surface area contributed by atoms with Crippen LogP contribution in [0.4, 0.5) is 0 Å². The molecule has 0 spiro atoms. The molecule has 0 radical (unpaired) electrons. The van der Waals surface area contributed by atoms with Crippen molar-refractivity contribution in [2.45, 2.75) is 62.9 Å². The summed E-state index contributed by atoms with van der Waals surface area (Å²) in [6.07, 6.45) is 4.24. The van der Waals surface area contributed by atoms with Gasteiger partial charge in [-0.1, -0.05) is 0 Å². The van der Waals surface area contributed by atoms with Gasteiger partial charge in [0.1, 0.15) is 16.7 Å². The molecule has 2 heterocycles. The second-order valence-corrected chi connectivity index (χ2v) is 12.2. The van der Waals surface area contributed by atoms with Crippen molar-refractivity contribution in [3.05, 3.63) is 23.3 Å². The van der Waals surface area contributed by atoms with Crippen molar-refractivity contribution in [2.24, 2.45) is 0 Å². The maximum Gasteiger partial charge on any atom is 0.236 e. The van der Waals surface area contributed by atoms with Crippen LogP contribution in [0.15, 0.2) is 17.0 Å². The summed E-state index contributed by atoms with van der Waals surface area (Å²) < 4.78 is 20.2. The van der Waals surface area contributed by atoms with E-state index in [0.29, 0.717) is 25.6 Å². The number of methoxy groups -OCH3 is 1. The summed E-state index contributed by atoms with van der Waals surface area (Å²) in [5, 5.41) is 3.19. The molecule has 1 N–H and O–H groups in total. The van der Waals surface area contributed by atoms with Crippen molar-refractivity contribution >= 4 is 22.8 Å². The van der Waals surface area contributed by atoms with Gasteiger partial charge in [-0.15, -0.1) is 0 Å². The first-order chi connectivity index (χ1) is 17.6. The van der Waals surface area contributed by atoms with E-state index < -0.39 is 11.0 Å². The van der Waals surface area contributed by atoms with Gasteiger partial charge >= 0.3 is 0 Å². The molecule has 37 heavy (non-hydrogen) atoms. The van der Waals surface area contributed by atoms with Crippen LogP contribution in [-0.2, 0) is 20.6 Å². The number of hydrogen-bond donors (Lipinski definition) is 1. The lowest BCUT2D eigenvalue weighted by atomic mass is 9.97. The highest BCUT2D eigenvalue weighted by atomic mass is 32.2. The standard InChI is InChI=1S/C27H45N5O4S/c1-20-17-24(36-6)18-21(2)27(20)37(35)30(5)12-11-25(33)28-22-7-13-31(14-8-22)23-9-15-32(16-10-23)26(34)19-29(3)4/h17-18,22-23H,7-16,19H2,1-6H3,(H,28,33). The maximum atomic E-state index is 13.1. The number of nitrogens with zero attached hydrogens (tertiary/aromatic N) is 4. The molecule has 0 aromatic heterocycles. The second-order valence-electron chi connectivity index (χ2n) is 10.7. The number of benzene rings is 1. The van der Waals surface area contributed by atoms with Crippen LogP contribution in [0.1, 0.15) is 43.2 Å². The van der Waals surface area contributed by atoms with E-state index in [-0.39, 0.29) is 17.9 Å². The first-order valence-electron chi connectivity index (χ1n) is 13.3. The average Bonchev–Trinajstić information content (AvgIpc) is 2.86. The van der Waals surface area contributed by atoms with E-state index in [4.69, 9.17) is 4.74 Å². The molecule has 1 atom stereocenters. The predicted octanol–water partition coefficient (Wildman–Crippen LogP) is 1.79. The summed E-state index contributed by atoms with van der Waals surface area (Å²) >= 11 is 0. The van der Waals surface area contributed by atoms with E-state index >= 15 is 0 Å². The van der Waals surface area contributed by atoms with Crippen molar-refractivity contribution in [1.82, 2.24) is 24.3 Å². The van der Waals surface area contributed by atoms with Crippen molar-refractivity contribution in [3.8, 4) is 5.75 Å². The van der Waals surface area contributed by atoms with Crippen molar-refractivity contribution in [3.63, 3.8) is 0 Å². The zero-order chi connectivity index (χ0) is 27.1. The van der Waals surface area contributed by atoms with Gasteiger partial charge in [0.25, 0.3) is 0 Å². The molecule has 0 aliphatic carbocycles. The van der Waals surface area contributed by atoms with Crippen LogP contribution in [0.2, 0.25) is 0 Å². The SMILES string of the molecule is COc1cc(C)c(S(=O)N(C)CCC(=O)NC2CCN(C3CCN(C(=O)CN(C)C)CC3)CC2)c(C)c1. The summed E-state index contributed by atoms with van der Waals surface area (Å²) in [7, 11) is 5.94. The fourth-order valence-electron chi connectivity index (χ4n) is 5.36. The Kier molecular flexibility index (Phi) is 10.9. The zero-order valence-electron chi connectivity index (χ0n) is 23.4. The molecule has 2 aliphatic rings. The van der Waals surface area contributed by atoms with Gasteiger partial charge < -0.3 is 24.8 Å². The third kappa shape index (κ3) is 8.24. The Bertz CT molecular complexity index is 933. The number of carbonyl (C=O) groups is 2. The number of nitrogens with one attached hydrogen (secondary N) is 1. The highest BCUT2D eigenvalue weighted by molar-refractivity contribution is 7.82. The largest absolute Gasteiger partial charge is 0.497 e. The number of hydrogen-bond acceptors (Lipinski definition) is 6. The van der Waals surface area contributed by atoms with Gasteiger partial charge in [-0.2, -0.15) is 0 Å². The molecule has 10 heteroatoms. The molecule has 2 aliphatic heterocycles. The Balaban J connectivity index is 1.38. The van der Waals surface area contributed by atoms with Gasteiger partial charge in [-0.3, -0.25) is 9.59 Å². The minimum absolute atomic E-state index is 0.0122. The van der Waals surface area contributed by atoms with E-state index in [1.54, 1.807) is 18.5 Å². The highest BCUT2D eigenvalue weighted by Crippen LogP contribution is 2.26. The van der Waals surface area contributed by atoms with Gasteiger partial charge in [-0.25, -0.2) is 8.51 Å². The van der Waals surface area contributed by atoms with Crippen LogP contribution in [0.25, 0.3) is 0 Å². The van der Waals surface area contributed by atoms with Crippen molar-refractivity contribution < 1.29 is 18.5 Å². The van der Waals surface area contributed by atoms with E-state index in [1.807, 2.05) is 49.9 Å². The summed E-state index contributed by atoms with van der Waals surface area (Å²) in [6, 6.07) is 4.49. The molecule has 9 nitrogen and oxygen atoms in total. The fourth-order valence-corrected chi connectivity index (χ4v) is 6.60. The average molecular weight is 536 g/mol. The summed E-state index contributed by atoms with van der Waals surface area (Å²) in [5.41, 5.74) is 1.84. The van der Waals surface area contributed by atoms with Gasteiger partial charge in [0, 0.05) is 58.3 Å². The number of ether oxygens (including phenoxy) is 1. The molecule has 1 aromatic carbocycles. The molecule has 1 aromatic rings. The minimum atomic E-state index is -1.34. The van der Waals surface area contributed by atoms with Gasteiger partial charge in [0.2, 0.25) is 11.8 Å². The third-order valence-corrected chi connectivity index (χ3v) is 9.20. The molecule has 2 saturated heterocycles. The van der Waals surface area contributed by atoms with E-state index in [9.17, 15) is 13.8 Å². The number of carbonyl (C=O) groups excluding carboxylic acids is 2. The first kappa shape index (κ1) is 29.5. The molecule has 2 amide bonds. The lowest BCUT2D eigenvalue weighted by molar-refractivity contribution is -0.133. The van der Waals surface area contributed by atoms with Crippen LogP contribution < -0.4 is 10.1 Å². The van der Waals surface area contributed by atoms with Crippen LogP contribution in [-0.4, -0.2) is 115 Å². The van der Waals surface area contributed by atoms with Crippen LogP contribution in [0.5, 0.6) is 5.75 Å². The maximum absolute atomic E-state index is 13.1. The fraction of sp³-hybridized carbons (Fsp3) is 0.704. The molecular formula is C27H45N5O4S. The molecule has 3 rings (SSSR count). The number of likely N-dealkylation sites (N-methyl/N-ethyl adjacent to an activating group) is 1. The van der Waals surface area contributed by atoms with Crippen LogP contribution >= 0.6 is 0 Å². The van der Waals surface area contributed by atoms with E-state index in [1.165, 1.54) is 0 Å². The van der Waals surface area contributed by atoms with Crippen molar-refractivity contribution in [1.29, 1.82) is 0 Å². The lowest BCUT2D eigenvalue weighted by Crippen LogP contribution is -2.52. The quantitative estimate of drug-likeness (QED) is 0.492. The van der Waals surface area contributed by atoms with Gasteiger partial charge in [-0.05, 0) is 76.9 Å².